The second-order valence-corrected chi connectivity index (χ2v) is 4.74. The Kier molecular flexibility index (Phi) is 4.11. The highest BCUT2D eigenvalue weighted by atomic mass is 16.5. The van der Waals surface area contributed by atoms with E-state index in [-0.39, 0.29) is 11.5 Å². The van der Waals surface area contributed by atoms with Crippen molar-refractivity contribution in [2.75, 3.05) is 7.11 Å². The molecule has 88 valence electrons. The molecule has 0 amide bonds. The van der Waals surface area contributed by atoms with Crippen LogP contribution in [0.15, 0.2) is 0 Å². The van der Waals surface area contributed by atoms with Gasteiger partial charge in [-0.05, 0) is 18.3 Å². The fourth-order valence-corrected chi connectivity index (χ4v) is 2.64. The Hall–Kier alpha value is -0.610. The summed E-state index contributed by atoms with van der Waals surface area (Å²) in [7, 11) is 1.55. The van der Waals surface area contributed by atoms with Crippen LogP contribution in [0.4, 0.5) is 0 Å². The zero-order chi connectivity index (χ0) is 11.5. The van der Waals surface area contributed by atoms with Crippen molar-refractivity contribution in [3.63, 3.8) is 0 Å². The van der Waals surface area contributed by atoms with Gasteiger partial charge >= 0.3 is 5.97 Å². The molecule has 0 heterocycles. The molecule has 4 nitrogen and oxygen atoms in total. The Morgan fingerprint density at radius 2 is 1.93 bits per heavy atom. The van der Waals surface area contributed by atoms with Gasteiger partial charge in [0.15, 0.2) is 0 Å². The number of aliphatic carboxylic acids is 1. The number of carboxylic acid groups (broad SMARTS) is 1. The molecule has 0 radical (unpaired) electrons. The molecule has 1 aliphatic rings. The molecule has 2 unspecified atom stereocenters. The summed E-state index contributed by atoms with van der Waals surface area (Å²) in [5.41, 5.74) is 5.58. The third kappa shape index (κ3) is 2.69. The number of nitrogens with two attached hydrogens (primary N) is 1. The Bertz CT molecular complexity index is 224. The molecule has 1 rings (SSSR count). The second kappa shape index (κ2) is 4.94. The quantitative estimate of drug-likeness (QED) is 0.743. The highest BCUT2D eigenvalue weighted by Crippen LogP contribution is 2.40. The third-order valence-corrected chi connectivity index (χ3v) is 3.55. The maximum atomic E-state index is 10.9. The summed E-state index contributed by atoms with van der Waals surface area (Å²) in [4.78, 5) is 10.9. The zero-order valence-corrected chi connectivity index (χ0v) is 9.53. The molecule has 15 heavy (non-hydrogen) atoms. The average molecular weight is 215 g/mol. The van der Waals surface area contributed by atoms with Crippen molar-refractivity contribution >= 4 is 5.97 Å². The first-order chi connectivity index (χ1) is 7.01. The number of methoxy groups -OCH3 is 1. The van der Waals surface area contributed by atoms with Crippen molar-refractivity contribution in [3.05, 3.63) is 0 Å². The smallest absolute Gasteiger partial charge is 0.323 e. The largest absolute Gasteiger partial charge is 0.480 e. The number of carbonyl (C=O) groups is 1. The van der Waals surface area contributed by atoms with Crippen molar-refractivity contribution in [1.82, 2.24) is 0 Å². The van der Waals surface area contributed by atoms with E-state index in [1.54, 1.807) is 7.11 Å². The first-order valence-electron chi connectivity index (χ1n) is 5.52. The van der Waals surface area contributed by atoms with Crippen molar-refractivity contribution in [2.24, 2.45) is 11.1 Å². The molecule has 0 bridgehead atoms. The lowest BCUT2D eigenvalue weighted by molar-refractivity contribution is -0.146. The number of ether oxygens (including phenoxy) is 1. The monoisotopic (exact) mass is 215 g/mol. The lowest BCUT2D eigenvalue weighted by Gasteiger charge is -2.41. The predicted molar refractivity (Wildman–Crippen MR) is 57.6 cm³/mol. The van der Waals surface area contributed by atoms with E-state index in [4.69, 9.17) is 15.6 Å². The molecule has 4 heteroatoms. The fraction of sp³-hybridized carbons (Fsp3) is 0.909. The van der Waals surface area contributed by atoms with Crippen LogP contribution in [0, 0.1) is 5.41 Å². The minimum Gasteiger partial charge on any atom is -0.480 e. The number of carboxylic acids is 1. The summed E-state index contributed by atoms with van der Waals surface area (Å²) in [5, 5.41) is 8.92. The number of hydrogen-bond acceptors (Lipinski definition) is 3. The molecule has 2 atom stereocenters. The lowest BCUT2D eigenvalue weighted by atomic mass is 9.70. The van der Waals surface area contributed by atoms with Gasteiger partial charge in [-0.15, -0.1) is 0 Å². The molecule has 1 aliphatic carbocycles. The summed E-state index contributed by atoms with van der Waals surface area (Å²) in [6.07, 6.45) is 5.15. The van der Waals surface area contributed by atoms with Crippen LogP contribution in [-0.2, 0) is 9.53 Å². The van der Waals surface area contributed by atoms with E-state index in [9.17, 15) is 4.79 Å². The van der Waals surface area contributed by atoms with Crippen molar-refractivity contribution in [3.8, 4) is 0 Å². The second-order valence-electron chi connectivity index (χ2n) is 4.74. The summed E-state index contributed by atoms with van der Waals surface area (Å²) >= 11 is 0. The van der Waals surface area contributed by atoms with E-state index < -0.39 is 12.0 Å². The van der Waals surface area contributed by atoms with Crippen LogP contribution in [0.5, 0.6) is 0 Å². The number of rotatable bonds is 4. The molecule has 0 aromatic rings. The highest BCUT2D eigenvalue weighted by molar-refractivity contribution is 5.74. The molecule has 1 fully saturated rings. The van der Waals surface area contributed by atoms with Gasteiger partial charge in [-0.1, -0.05) is 26.2 Å². The van der Waals surface area contributed by atoms with E-state index >= 15 is 0 Å². The summed E-state index contributed by atoms with van der Waals surface area (Å²) in [6.45, 7) is 2.09. The first kappa shape index (κ1) is 12.5. The SMILES string of the molecule is COC(C(N)C(=O)O)C1(C)CCCCC1. The molecule has 0 aliphatic heterocycles. The molecule has 0 aromatic carbocycles. The van der Waals surface area contributed by atoms with Gasteiger partial charge in [0.2, 0.25) is 0 Å². The maximum absolute atomic E-state index is 10.9. The Morgan fingerprint density at radius 3 is 2.33 bits per heavy atom. The van der Waals surface area contributed by atoms with Gasteiger partial charge in [0.25, 0.3) is 0 Å². The van der Waals surface area contributed by atoms with Gasteiger partial charge < -0.3 is 15.6 Å². The van der Waals surface area contributed by atoms with Crippen molar-refractivity contribution in [2.45, 2.75) is 51.2 Å². The first-order valence-corrected chi connectivity index (χ1v) is 5.52. The van der Waals surface area contributed by atoms with Crippen LogP contribution < -0.4 is 5.73 Å². The third-order valence-electron chi connectivity index (χ3n) is 3.55. The summed E-state index contributed by atoms with van der Waals surface area (Å²) in [6, 6.07) is -0.918. The molecular formula is C11H21NO3. The molecule has 3 N–H and O–H groups in total. The zero-order valence-electron chi connectivity index (χ0n) is 9.53. The minimum absolute atomic E-state index is 0.0786. The van der Waals surface area contributed by atoms with Gasteiger partial charge in [0.05, 0.1) is 6.10 Å². The van der Waals surface area contributed by atoms with Gasteiger partial charge in [0, 0.05) is 7.11 Å². The summed E-state index contributed by atoms with van der Waals surface area (Å²) in [5.74, 6) is -0.978. The topological polar surface area (TPSA) is 72.5 Å². The normalized spacial score (nSPS) is 24.5. The van der Waals surface area contributed by atoms with Crippen molar-refractivity contribution in [1.29, 1.82) is 0 Å². The van der Waals surface area contributed by atoms with Crippen LogP contribution in [0.25, 0.3) is 0 Å². The Morgan fingerprint density at radius 1 is 1.40 bits per heavy atom. The van der Waals surface area contributed by atoms with Crippen LogP contribution in [0.3, 0.4) is 0 Å². The molecule has 1 saturated carbocycles. The van der Waals surface area contributed by atoms with Gasteiger partial charge in [0.1, 0.15) is 6.04 Å². The molecule has 0 spiro atoms. The Balaban J connectivity index is 2.75. The molecular weight excluding hydrogens is 194 g/mol. The number of hydrogen-bond donors (Lipinski definition) is 2. The van der Waals surface area contributed by atoms with Gasteiger partial charge in [-0.3, -0.25) is 4.79 Å². The van der Waals surface area contributed by atoms with E-state index in [2.05, 4.69) is 6.92 Å². The summed E-state index contributed by atoms with van der Waals surface area (Å²) < 4.78 is 5.31. The minimum atomic E-state index is -0.978. The van der Waals surface area contributed by atoms with Gasteiger partial charge in [-0.2, -0.15) is 0 Å². The predicted octanol–water partition coefficient (Wildman–Crippen LogP) is 1.38. The Labute approximate surface area is 90.8 Å². The van der Waals surface area contributed by atoms with E-state index in [1.165, 1.54) is 6.42 Å². The maximum Gasteiger partial charge on any atom is 0.323 e. The van der Waals surface area contributed by atoms with Crippen molar-refractivity contribution < 1.29 is 14.6 Å². The average Bonchev–Trinajstić information content (AvgIpc) is 2.19. The molecule has 0 aromatic heterocycles. The standard InChI is InChI=1S/C11H21NO3/c1-11(6-4-3-5-7-11)9(15-2)8(12)10(13)14/h8-9H,3-7,12H2,1-2H3,(H,13,14). The van der Waals surface area contributed by atoms with E-state index in [0.717, 1.165) is 25.7 Å². The molecule has 0 saturated heterocycles. The van der Waals surface area contributed by atoms with E-state index in [0.29, 0.717) is 0 Å². The van der Waals surface area contributed by atoms with Crippen LogP contribution >= 0.6 is 0 Å². The van der Waals surface area contributed by atoms with Crippen LogP contribution in [0.1, 0.15) is 39.0 Å². The highest BCUT2D eigenvalue weighted by Gasteiger charge is 2.41. The van der Waals surface area contributed by atoms with Crippen LogP contribution in [-0.4, -0.2) is 30.3 Å². The lowest BCUT2D eigenvalue weighted by Crippen LogP contribution is -2.52. The fourth-order valence-electron chi connectivity index (χ4n) is 2.64. The van der Waals surface area contributed by atoms with E-state index in [1.807, 2.05) is 0 Å². The van der Waals surface area contributed by atoms with Gasteiger partial charge in [-0.25, -0.2) is 0 Å². The van der Waals surface area contributed by atoms with Crippen LogP contribution in [0.2, 0.25) is 0 Å².